The van der Waals surface area contributed by atoms with Gasteiger partial charge in [-0.25, -0.2) is 0 Å². The van der Waals surface area contributed by atoms with Crippen molar-refractivity contribution in [1.82, 2.24) is 4.90 Å². The number of nitrogens with two attached hydrogens (primary N) is 1. The van der Waals surface area contributed by atoms with E-state index in [2.05, 4.69) is 27.7 Å². The summed E-state index contributed by atoms with van der Waals surface area (Å²) in [6.45, 7) is 8.51. The Kier molecular flexibility index (Phi) is 4.59. The highest BCUT2D eigenvalue weighted by molar-refractivity contribution is 5.80. The third kappa shape index (κ3) is 3.01. The fraction of sp³-hybridized carbons (Fsp3) is 0.929. The van der Waals surface area contributed by atoms with Gasteiger partial charge in [-0.1, -0.05) is 20.3 Å². The van der Waals surface area contributed by atoms with E-state index in [1.54, 1.807) is 0 Å². The van der Waals surface area contributed by atoms with E-state index in [1.165, 1.54) is 0 Å². The molecule has 1 saturated carbocycles. The lowest BCUT2D eigenvalue weighted by molar-refractivity contribution is -0.141. The lowest BCUT2D eigenvalue weighted by Crippen LogP contribution is -2.53. The summed E-state index contributed by atoms with van der Waals surface area (Å²) in [5.74, 6) is 0.723. The summed E-state index contributed by atoms with van der Waals surface area (Å²) in [5.41, 5.74) is 6.13. The van der Waals surface area contributed by atoms with E-state index in [4.69, 9.17) is 5.73 Å². The van der Waals surface area contributed by atoms with Gasteiger partial charge in [-0.15, -0.1) is 0 Å². The predicted octanol–water partition coefficient (Wildman–Crippen LogP) is 2.40. The molecule has 0 bridgehead atoms. The average Bonchev–Trinajstić information content (AvgIpc) is 2.30. The van der Waals surface area contributed by atoms with Crippen LogP contribution in [0.4, 0.5) is 0 Å². The Balaban J connectivity index is 2.75. The molecule has 3 nitrogen and oxygen atoms in total. The van der Waals surface area contributed by atoms with Crippen LogP contribution in [0, 0.1) is 11.8 Å². The molecule has 0 aromatic rings. The van der Waals surface area contributed by atoms with Crippen molar-refractivity contribution in [3.63, 3.8) is 0 Å². The molecule has 0 heterocycles. The molecule has 3 unspecified atom stereocenters. The Bertz CT molecular complexity index is 275. The van der Waals surface area contributed by atoms with Gasteiger partial charge in [0.2, 0.25) is 5.91 Å². The summed E-state index contributed by atoms with van der Waals surface area (Å²) in [5, 5.41) is 0. The molecule has 1 rings (SSSR count). The van der Waals surface area contributed by atoms with Gasteiger partial charge in [-0.05, 0) is 39.0 Å². The average molecular weight is 240 g/mol. The lowest BCUT2D eigenvalue weighted by atomic mass is 9.77. The van der Waals surface area contributed by atoms with Crippen molar-refractivity contribution in [2.75, 3.05) is 7.05 Å². The first-order valence-corrected chi connectivity index (χ1v) is 6.84. The van der Waals surface area contributed by atoms with E-state index in [0.29, 0.717) is 5.92 Å². The SMILES string of the molecule is CCC(C)(C)N(C)C(=O)C1CCCC(C)C1N. The first kappa shape index (κ1) is 14.5. The Morgan fingerprint density at radius 1 is 1.41 bits per heavy atom. The zero-order valence-electron chi connectivity index (χ0n) is 12.0. The number of hydrogen-bond donors (Lipinski definition) is 1. The minimum Gasteiger partial charge on any atom is -0.340 e. The van der Waals surface area contributed by atoms with Crippen molar-refractivity contribution in [1.29, 1.82) is 0 Å². The van der Waals surface area contributed by atoms with E-state index in [1.807, 2.05) is 11.9 Å². The Morgan fingerprint density at radius 2 is 2.00 bits per heavy atom. The van der Waals surface area contributed by atoms with Gasteiger partial charge < -0.3 is 10.6 Å². The number of rotatable bonds is 3. The molecule has 1 amide bonds. The summed E-state index contributed by atoms with van der Waals surface area (Å²) < 4.78 is 0. The number of amides is 1. The van der Waals surface area contributed by atoms with Gasteiger partial charge in [0.15, 0.2) is 0 Å². The zero-order valence-corrected chi connectivity index (χ0v) is 12.0. The molecule has 0 aliphatic heterocycles. The largest absolute Gasteiger partial charge is 0.340 e. The van der Waals surface area contributed by atoms with E-state index in [0.717, 1.165) is 25.7 Å². The molecule has 2 N–H and O–H groups in total. The van der Waals surface area contributed by atoms with Crippen LogP contribution in [0.1, 0.15) is 53.4 Å². The molecule has 3 heteroatoms. The third-order valence-corrected chi connectivity index (χ3v) is 4.72. The van der Waals surface area contributed by atoms with Crippen molar-refractivity contribution in [2.24, 2.45) is 17.6 Å². The minimum absolute atomic E-state index is 0.0228. The molecule has 1 aliphatic rings. The molecule has 0 aromatic carbocycles. The van der Waals surface area contributed by atoms with Gasteiger partial charge in [0, 0.05) is 18.6 Å². The number of nitrogens with zero attached hydrogens (tertiary/aromatic N) is 1. The predicted molar refractivity (Wildman–Crippen MR) is 71.6 cm³/mol. The lowest BCUT2D eigenvalue weighted by Gasteiger charge is -2.41. The molecule has 0 saturated heterocycles. The second-order valence-electron chi connectivity index (χ2n) is 6.16. The zero-order chi connectivity index (χ0) is 13.2. The van der Waals surface area contributed by atoms with Crippen LogP contribution in [0.25, 0.3) is 0 Å². The molecular formula is C14H28N2O. The van der Waals surface area contributed by atoms with E-state index >= 15 is 0 Å². The van der Waals surface area contributed by atoms with Crippen LogP contribution in [0.5, 0.6) is 0 Å². The quantitative estimate of drug-likeness (QED) is 0.823. The fourth-order valence-corrected chi connectivity index (χ4v) is 2.51. The molecule has 17 heavy (non-hydrogen) atoms. The second kappa shape index (κ2) is 5.38. The van der Waals surface area contributed by atoms with Crippen LogP contribution in [-0.4, -0.2) is 29.4 Å². The smallest absolute Gasteiger partial charge is 0.227 e. The van der Waals surface area contributed by atoms with E-state index in [-0.39, 0.29) is 23.4 Å². The maximum absolute atomic E-state index is 12.5. The summed E-state index contributed by atoms with van der Waals surface area (Å²) in [6, 6.07) is 0.0337. The molecule has 0 aromatic heterocycles. The highest BCUT2D eigenvalue weighted by Crippen LogP contribution is 2.31. The molecule has 0 spiro atoms. The summed E-state index contributed by atoms with van der Waals surface area (Å²) in [6.07, 6.45) is 4.21. The monoisotopic (exact) mass is 240 g/mol. The molecule has 1 aliphatic carbocycles. The number of carbonyl (C=O) groups is 1. The van der Waals surface area contributed by atoms with Gasteiger partial charge in [-0.2, -0.15) is 0 Å². The Hall–Kier alpha value is -0.570. The van der Waals surface area contributed by atoms with Crippen molar-refractivity contribution < 1.29 is 4.79 Å². The van der Waals surface area contributed by atoms with Crippen LogP contribution < -0.4 is 5.73 Å². The molecule has 1 fully saturated rings. The molecular weight excluding hydrogens is 212 g/mol. The van der Waals surface area contributed by atoms with Gasteiger partial charge in [0.1, 0.15) is 0 Å². The van der Waals surface area contributed by atoms with Crippen LogP contribution in [-0.2, 0) is 4.79 Å². The highest BCUT2D eigenvalue weighted by atomic mass is 16.2. The second-order valence-corrected chi connectivity index (χ2v) is 6.16. The first-order chi connectivity index (χ1) is 7.81. The summed E-state index contributed by atoms with van der Waals surface area (Å²) in [4.78, 5) is 14.4. The van der Waals surface area contributed by atoms with Gasteiger partial charge in [-0.3, -0.25) is 4.79 Å². The first-order valence-electron chi connectivity index (χ1n) is 6.84. The number of carbonyl (C=O) groups excluding carboxylic acids is 1. The third-order valence-electron chi connectivity index (χ3n) is 4.72. The van der Waals surface area contributed by atoms with Gasteiger partial charge in [0.25, 0.3) is 0 Å². The van der Waals surface area contributed by atoms with Crippen LogP contribution >= 0.6 is 0 Å². The summed E-state index contributed by atoms with van der Waals surface area (Å²) in [7, 11) is 1.91. The fourth-order valence-electron chi connectivity index (χ4n) is 2.51. The normalized spacial score (nSPS) is 30.1. The van der Waals surface area contributed by atoms with Gasteiger partial charge >= 0.3 is 0 Å². The van der Waals surface area contributed by atoms with E-state index < -0.39 is 0 Å². The maximum Gasteiger partial charge on any atom is 0.227 e. The van der Waals surface area contributed by atoms with Crippen LogP contribution in [0.15, 0.2) is 0 Å². The topological polar surface area (TPSA) is 46.3 Å². The summed E-state index contributed by atoms with van der Waals surface area (Å²) >= 11 is 0. The van der Waals surface area contributed by atoms with Crippen molar-refractivity contribution in [3.05, 3.63) is 0 Å². The maximum atomic E-state index is 12.5. The van der Waals surface area contributed by atoms with Crippen molar-refractivity contribution in [3.8, 4) is 0 Å². The molecule has 3 atom stereocenters. The Morgan fingerprint density at radius 3 is 2.53 bits per heavy atom. The highest BCUT2D eigenvalue weighted by Gasteiger charge is 2.37. The van der Waals surface area contributed by atoms with Gasteiger partial charge in [0.05, 0.1) is 5.92 Å². The van der Waals surface area contributed by atoms with E-state index in [9.17, 15) is 4.79 Å². The van der Waals surface area contributed by atoms with Crippen LogP contribution in [0.3, 0.4) is 0 Å². The molecule has 100 valence electrons. The van der Waals surface area contributed by atoms with Crippen molar-refractivity contribution in [2.45, 2.75) is 65.0 Å². The standard InChI is InChI=1S/C14H28N2O/c1-6-14(3,4)16(5)13(17)11-9-7-8-10(2)12(11)15/h10-12H,6-9,15H2,1-5H3. The number of hydrogen-bond acceptors (Lipinski definition) is 2. The Labute approximate surface area is 106 Å². The van der Waals surface area contributed by atoms with Crippen molar-refractivity contribution >= 4 is 5.91 Å². The minimum atomic E-state index is -0.0719. The molecule has 0 radical (unpaired) electrons. The van der Waals surface area contributed by atoms with Crippen LogP contribution in [0.2, 0.25) is 0 Å².